The maximum atomic E-state index is 13.0. The molecule has 4 rings (SSSR count). The topological polar surface area (TPSA) is 51.0 Å². The van der Waals surface area contributed by atoms with E-state index < -0.39 is 0 Å². The number of fused-ring (bicyclic) bond motifs is 1. The second kappa shape index (κ2) is 7.28. The van der Waals surface area contributed by atoms with Gasteiger partial charge in [-0.2, -0.15) is 0 Å². The molecule has 5 heteroatoms. The molecule has 0 radical (unpaired) electrons. The molecule has 1 aliphatic rings. The minimum atomic E-state index is 0.109. The van der Waals surface area contributed by atoms with Crippen molar-refractivity contribution < 1.29 is 4.79 Å². The van der Waals surface area contributed by atoms with E-state index in [9.17, 15) is 4.79 Å². The summed E-state index contributed by atoms with van der Waals surface area (Å²) in [4.78, 5) is 24.1. The second-order valence-electron chi connectivity index (χ2n) is 6.90. The molecule has 1 unspecified atom stereocenters. The minimum absolute atomic E-state index is 0.109. The predicted molar refractivity (Wildman–Crippen MR) is 102 cm³/mol. The van der Waals surface area contributed by atoms with Gasteiger partial charge in [-0.25, -0.2) is 4.98 Å². The molecular weight excluding hydrogens is 324 g/mol. The molecule has 5 nitrogen and oxygen atoms in total. The monoisotopic (exact) mass is 348 g/mol. The molecule has 1 fully saturated rings. The van der Waals surface area contributed by atoms with Gasteiger partial charge in [-0.1, -0.05) is 18.2 Å². The van der Waals surface area contributed by atoms with E-state index in [2.05, 4.69) is 20.6 Å². The molecule has 26 heavy (non-hydrogen) atoms. The normalized spacial score (nSPS) is 17.6. The number of amides is 1. The lowest BCUT2D eigenvalue weighted by Gasteiger charge is -2.35. The van der Waals surface area contributed by atoms with Gasteiger partial charge in [0.2, 0.25) is 5.91 Å². The van der Waals surface area contributed by atoms with Crippen LogP contribution in [0.25, 0.3) is 11.0 Å². The van der Waals surface area contributed by atoms with E-state index >= 15 is 0 Å². The number of carbonyl (C=O) groups excluding carboxylic acids is 1. The number of likely N-dealkylation sites (tertiary alicyclic amines) is 1. The summed E-state index contributed by atoms with van der Waals surface area (Å²) in [5.74, 6) is 1.16. The van der Waals surface area contributed by atoms with Crippen molar-refractivity contribution in [3.8, 4) is 0 Å². The van der Waals surface area contributed by atoms with Gasteiger partial charge in [0.15, 0.2) is 0 Å². The van der Waals surface area contributed by atoms with E-state index in [0.717, 1.165) is 48.4 Å². The first kappa shape index (κ1) is 16.8. The number of hydrogen-bond donors (Lipinski definition) is 0. The predicted octanol–water partition coefficient (Wildman–Crippen LogP) is 3.88. The molecule has 3 heterocycles. The van der Waals surface area contributed by atoms with Crippen LogP contribution in [0.3, 0.4) is 0 Å². The third-order valence-corrected chi connectivity index (χ3v) is 5.25. The maximum Gasteiger partial charge on any atom is 0.224 e. The first-order valence-corrected chi connectivity index (χ1v) is 9.36. The fraction of sp³-hybridized carbons (Fsp3) is 0.381. The van der Waals surface area contributed by atoms with Gasteiger partial charge in [-0.05, 0) is 50.5 Å². The van der Waals surface area contributed by atoms with Crippen LogP contribution < -0.4 is 0 Å². The fourth-order valence-corrected chi connectivity index (χ4v) is 3.94. The van der Waals surface area contributed by atoms with Gasteiger partial charge in [0.25, 0.3) is 0 Å². The average molecular weight is 348 g/mol. The number of imidazole rings is 1. The molecule has 1 amide bonds. The van der Waals surface area contributed by atoms with E-state index in [1.807, 2.05) is 54.4 Å². The van der Waals surface area contributed by atoms with E-state index in [-0.39, 0.29) is 11.9 Å². The Morgan fingerprint density at radius 2 is 2.00 bits per heavy atom. The van der Waals surface area contributed by atoms with Crippen molar-refractivity contribution in [3.05, 3.63) is 60.2 Å². The van der Waals surface area contributed by atoms with Gasteiger partial charge in [-0.15, -0.1) is 0 Å². The molecular formula is C21H24N4O. The van der Waals surface area contributed by atoms with E-state index in [1.165, 1.54) is 0 Å². The van der Waals surface area contributed by atoms with Crippen LogP contribution in [-0.2, 0) is 11.3 Å². The number of aromatic nitrogens is 3. The van der Waals surface area contributed by atoms with E-state index in [1.54, 1.807) is 0 Å². The summed E-state index contributed by atoms with van der Waals surface area (Å²) in [6, 6.07) is 14.2. The standard InChI is InChI=1S/C21H24N4O/c1-16-23-18-9-2-3-10-20(18)24(16)15-12-21(26)25-14-7-5-11-19(25)17-8-4-6-13-22-17/h2-4,6,8-10,13,19H,5,7,11-12,14-15H2,1H3. The molecule has 1 saturated heterocycles. The molecule has 2 aromatic heterocycles. The van der Waals surface area contributed by atoms with Crippen LogP contribution in [0, 0.1) is 6.92 Å². The van der Waals surface area contributed by atoms with Crippen LogP contribution in [0.1, 0.15) is 43.2 Å². The SMILES string of the molecule is Cc1nc2ccccc2n1CCC(=O)N1CCCCC1c1ccccn1. The van der Waals surface area contributed by atoms with Crippen molar-refractivity contribution in [1.29, 1.82) is 0 Å². The summed E-state index contributed by atoms with van der Waals surface area (Å²) in [6.45, 7) is 3.49. The Kier molecular flexibility index (Phi) is 4.69. The van der Waals surface area contributed by atoms with Gasteiger partial charge < -0.3 is 9.47 Å². The third-order valence-electron chi connectivity index (χ3n) is 5.25. The Hall–Kier alpha value is -2.69. The summed E-state index contributed by atoms with van der Waals surface area (Å²) in [5, 5.41) is 0. The molecule has 134 valence electrons. The fourth-order valence-electron chi connectivity index (χ4n) is 3.94. The Morgan fingerprint density at radius 1 is 1.15 bits per heavy atom. The number of hydrogen-bond acceptors (Lipinski definition) is 3. The summed E-state index contributed by atoms with van der Waals surface area (Å²) in [6.07, 6.45) is 5.52. The van der Waals surface area contributed by atoms with Crippen molar-refractivity contribution >= 4 is 16.9 Å². The van der Waals surface area contributed by atoms with Crippen LogP contribution in [0.2, 0.25) is 0 Å². The number of benzene rings is 1. The summed E-state index contributed by atoms with van der Waals surface area (Å²) in [5.41, 5.74) is 3.09. The van der Waals surface area contributed by atoms with Crippen molar-refractivity contribution in [1.82, 2.24) is 19.4 Å². The molecule has 0 saturated carbocycles. The van der Waals surface area contributed by atoms with Crippen molar-refractivity contribution in [2.24, 2.45) is 0 Å². The lowest BCUT2D eigenvalue weighted by atomic mass is 9.98. The van der Waals surface area contributed by atoms with Gasteiger partial charge in [0, 0.05) is 25.7 Å². The lowest BCUT2D eigenvalue weighted by molar-refractivity contribution is -0.135. The maximum absolute atomic E-state index is 13.0. The Balaban J connectivity index is 1.50. The highest BCUT2D eigenvalue weighted by Crippen LogP contribution is 2.30. The number of carbonyl (C=O) groups is 1. The Morgan fingerprint density at radius 3 is 2.85 bits per heavy atom. The van der Waals surface area contributed by atoms with Crippen LogP contribution in [0.4, 0.5) is 0 Å². The highest BCUT2D eigenvalue weighted by atomic mass is 16.2. The van der Waals surface area contributed by atoms with Crippen molar-refractivity contribution in [2.45, 2.75) is 45.2 Å². The molecule has 1 aromatic carbocycles. The van der Waals surface area contributed by atoms with Gasteiger partial charge in [-0.3, -0.25) is 9.78 Å². The first-order valence-electron chi connectivity index (χ1n) is 9.36. The summed E-state index contributed by atoms with van der Waals surface area (Å²) < 4.78 is 2.15. The van der Waals surface area contributed by atoms with Crippen LogP contribution in [0.15, 0.2) is 48.7 Å². The highest BCUT2D eigenvalue weighted by molar-refractivity contribution is 5.78. The minimum Gasteiger partial charge on any atom is -0.334 e. The largest absolute Gasteiger partial charge is 0.334 e. The third kappa shape index (κ3) is 3.21. The van der Waals surface area contributed by atoms with E-state index in [0.29, 0.717) is 13.0 Å². The van der Waals surface area contributed by atoms with Gasteiger partial charge in [0.1, 0.15) is 5.82 Å². The zero-order valence-electron chi connectivity index (χ0n) is 15.1. The molecule has 0 N–H and O–H groups in total. The molecule has 3 aromatic rings. The Labute approximate surface area is 153 Å². The zero-order valence-corrected chi connectivity index (χ0v) is 15.1. The van der Waals surface area contributed by atoms with E-state index in [4.69, 9.17) is 0 Å². The van der Waals surface area contributed by atoms with Gasteiger partial charge in [0.05, 0.1) is 22.8 Å². The molecule has 1 aliphatic heterocycles. The lowest BCUT2D eigenvalue weighted by Crippen LogP contribution is -2.39. The van der Waals surface area contributed by atoms with Crippen molar-refractivity contribution in [3.63, 3.8) is 0 Å². The molecule has 0 aliphatic carbocycles. The Bertz CT molecular complexity index is 903. The summed E-state index contributed by atoms with van der Waals surface area (Å²) in [7, 11) is 0. The smallest absolute Gasteiger partial charge is 0.224 e. The second-order valence-corrected chi connectivity index (χ2v) is 6.90. The molecule has 0 bridgehead atoms. The van der Waals surface area contributed by atoms with Crippen LogP contribution in [0.5, 0.6) is 0 Å². The van der Waals surface area contributed by atoms with Crippen molar-refractivity contribution in [2.75, 3.05) is 6.54 Å². The quantitative estimate of drug-likeness (QED) is 0.719. The molecule has 0 spiro atoms. The number of nitrogens with zero attached hydrogens (tertiary/aromatic N) is 4. The van der Waals surface area contributed by atoms with Crippen LogP contribution >= 0.6 is 0 Å². The molecule has 1 atom stereocenters. The van der Waals surface area contributed by atoms with Crippen LogP contribution in [-0.4, -0.2) is 31.9 Å². The number of aryl methyl sites for hydroxylation is 2. The first-order chi connectivity index (χ1) is 12.7. The average Bonchev–Trinajstić information content (AvgIpc) is 3.02. The van der Waals surface area contributed by atoms with Gasteiger partial charge >= 0.3 is 0 Å². The summed E-state index contributed by atoms with van der Waals surface area (Å²) >= 11 is 0. The number of pyridine rings is 1. The highest BCUT2D eigenvalue weighted by Gasteiger charge is 2.28. The zero-order chi connectivity index (χ0) is 17.9. The number of para-hydroxylation sites is 2. The number of piperidine rings is 1. The number of rotatable bonds is 4.